The Hall–Kier alpha value is -2.69. The lowest BCUT2D eigenvalue weighted by Crippen LogP contribution is -2.32. The van der Waals surface area contributed by atoms with Crippen LogP contribution in [0.3, 0.4) is 0 Å². The predicted octanol–water partition coefficient (Wildman–Crippen LogP) is 6.02. The van der Waals surface area contributed by atoms with Gasteiger partial charge in [0.25, 0.3) is 0 Å². The van der Waals surface area contributed by atoms with Gasteiger partial charge in [-0.15, -0.1) is 0 Å². The van der Waals surface area contributed by atoms with Crippen molar-refractivity contribution in [3.63, 3.8) is 0 Å². The van der Waals surface area contributed by atoms with Crippen molar-refractivity contribution in [1.29, 1.82) is 0 Å². The van der Waals surface area contributed by atoms with Crippen LogP contribution in [-0.2, 0) is 17.8 Å². The van der Waals surface area contributed by atoms with E-state index in [-0.39, 0.29) is 5.82 Å². The minimum Gasteiger partial charge on any atom is -0.371 e. The number of aromatic nitrogens is 1. The van der Waals surface area contributed by atoms with Gasteiger partial charge in [-0.05, 0) is 84.4 Å². The van der Waals surface area contributed by atoms with Crippen LogP contribution in [0.1, 0.15) is 35.4 Å². The first-order chi connectivity index (χ1) is 15.7. The normalized spacial score (nSPS) is 19.8. The molecule has 6 rings (SSSR count). The van der Waals surface area contributed by atoms with Gasteiger partial charge >= 0.3 is 0 Å². The van der Waals surface area contributed by atoms with E-state index in [9.17, 15) is 4.39 Å². The van der Waals surface area contributed by atoms with Gasteiger partial charge in [0.1, 0.15) is 5.82 Å². The number of rotatable bonds is 5. The zero-order chi connectivity index (χ0) is 21.7. The van der Waals surface area contributed by atoms with Crippen molar-refractivity contribution in [2.75, 3.05) is 19.7 Å². The van der Waals surface area contributed by atoms with Crippen LogP contribution < -0.4 is 0 Å². The molecule has 0 spiro atoms. The second-order valence-electron chi connectivity index (χ2n) is 9.49. The average molecular weight is 429 g/mol. The minimum atomic E-state index is -0.150. The third-order valence-electron chi connectivity index (χ3n) is 7.30. The van der Waals surface area contributed by atoms with Crippen LogP contribution in [0.4, 0.5) is 4.39 Å². The molecule has 3 heterocycles. The fourth-order valence-corrected chi connectivity index (χ4v) is 5.56. The maximum atomic E-state index is 14.1. The fourth-order valence-electron chi connectivity index (χ4n) is 5.56. The quantitative estimate of drug-likeness (QED) is 0.362. The SMILES string of the molecule is Cc1cccc2cccc(CN3CCC(c4cn(CC5CO5)c5ccc(F)cc45)CC3)c12. The smallest absolute Gasteiger partial charge is 0.123 e. The van der Waals surface area contributed by atoms with Crippen molar-refractivity contribution in [1.82, 2.24) is 9.47 Å². The molecule has 0 bridgehead atoms. The molecule has 0 aliphatic carbocycles. The monoisotopic (exact) mass is 428 g/mol. The van der Waals surface area contributed by atoms with Crippen molar-refractivity contribution in [3.8, 4) is 0 Å². The summed E-state index contributed by atoms with van der Waals surface area (Å²) in [6, 6.07) is 18.4. The van der Waals surface area contributed by atoms with Crippen LogP contribution in [0.2, 0.25) is 0 Å². The first kappa shape index (κ1) is 20.0. The lowest BCUT2D eigenvalue weighted by molar-refractivity contribution is 0.205. The number of fused-ring (bicyclic) bond motifs is 2. The van der Waals surface area contributed by atoms with E-state index < -0.39 is 0 Å². The van der Waals surface area contributed by atoms with Gasteiger partial charge in [0, 0.05) is 23.6 Å². The van der Waals surface area contributed by atoms with Gasteiger partial charge in [0.2, 0.25) is 0 Å². The third kappa shape index (κ3) is 3.72. The van der Waals surface area contributed by atoms with Crippen LogP contribution in [0.25, 0.3) is 21.7 Å². The first-order valence-electron chi connectivity index (χ1n) is 11.8. The summed E-state index contributed by atoms with van der Waals surface area (Å²) >= 11 is 0. The van der Waals surface area contributed by atoms with E-state index in [1.165, 1.54) is 27.5 Å². The summed E-state index contributed by atoms with van der Waals surface area (Å²) < 4.78 is 21.8. The number of piperidine rings is 1. The standard InChI is InChI=1S/C28H29FN2O/c1-19-4-2-5-21-6-3-7-22(28(19)21)15-30-12-10-20(11-13-30)26-17-31(16-24-18-32-24)27-9-8-23(29)14-25(26)27/h2-9,14,17,20,24H,10-13,15-16,18H2,1H3. The van der Waals surface area contributed by atoms with Crippen LogP contribution in [0, 0.1) is 12.7 Å². The molecule has 1 atom stereocenters. The first-order valence-corrected chi connectivity index (χ1v) is 11.8. The number of aryl methyl sites for hydroxylation is 1. The fraction of sp³-hybridized carbons (Fsp3) is 0.357. The van der Waals surface area contributed by atoms with Crippen molar-refractivity contribution in [3.05, 3.63) is 83.3 Å². The highest BCUT2D eigenvalue weighted by Crippen LogP contribution is 2.36. The average Bonchev–Trinajstić information content (AvgIpc) is 3.55. The van der Waals surface area contributed by atoms with Crippen molar-refractivity contribution in [2.24, 2.45) is 0 Å². The molecular weight excluding hydrogens is 399 g/mol. The van der Waals surface area contributed by atoms with Gasteiger partial charge in [-0.1, -0.05) is 36.4 Å². The molecule has 0 amide bonds. The number of likely N-dealkylation sites (tertiary alicyclic amines) is 1. The summed E-state index contributed by atoms with van der Waals surface area (Å²) in [5.41, 5.74) is 5.20. The predicted molar refractivity (Wildman–Crippen MR) is 128 cm³/mol. The van der Waals surface area contributed by atoms with Gasteiger partial charge in [-0.3, -0.25) is 4.90 Å². The summed E-state index contributed by atoms with van der Waals surface area (Å²) in [6.45, 7) is 7.04. The molecule has 4 heteroatoms. The molecule has 0 radical (unpaired) electrons. The Kier molecular flexibility index (Phi) is 5.00. The molecule has 164 valence electrons. The second kappa shape index (κ2) is 8.02. The van der Waals surface area contributed by atoms with Crippen molar-refractivity contribution in [2.45, 2.75) is 44.9 Å². The molecule has 32 heavy (non-hydrogen) atoms. The Morgan fingerprint density at radius 2 is 1.81 bits per heavy atom. The van der Waals surface area contributed by atoms with Crippen LogP contribution in [-0.4, -0.2) is 35.3 Å². The van der Waals surface area contributed by atoms with E-state index in [1.54, 1.807) is 12.1 Å². The van der Waals surface area contributed by atoms with E-state index in [4.69, 9.17) is 4.74 Å². The largest absolute Gasteiger partial charge is 0.371 e. The van der Waals surface area contributed by atoms with Gasteiger partial charge in [0.05, 0.1) is 19.3 Å². The zero-order valence-electron chi connectivity index (χ0n) is 18.6. The number of hydrogen-bond acceptors (Lipinski definition) is 2. The Morgan fingerprint density at radius 3 is 2.59 bits per heavy atom. The Labute approximate surface area is 188 Å². The molecule has 4 aromatic rings. The highest BCUT2D eigenvalue weighted by atomic mass is 19.1. The molecule has 1 unspecified atom stereocenters. The summed E-state index contributed by atoms with van der Waals surface area (Å²) in [5, 5.41) is 3.80. The molecule has 1 aromatic heterocycles. The minimum absolute atomic E-state index is 0.150. The van der Waals surface area contributed by atoms with Crippen LogP contribution in [0.5, 0.6) is 0 Å². The number of nitrogens with zero attached hydrogens (tertiary/aromatic N) is 2. The molecule has 3 nitrogen and oxygen atoms in total. The molecule has 2 aliphatic rings. The highest BCUT2D eigenvalue weighted by molar-refractivity contribution is 5.88. The van der Waals surface area contributed by atoms with Crippen LogP contribution in [0.15, 0.2) is 60.8 Å². The maximum absolute atomic E-state index is 14.1. The molecule has 2 aliphatic heterocycles. The lowest BCUT2D eigenvalue weighted by Gasteiger charge is -2.32. The molecule has 0 saturated carbocycles. The van der Waals surface area contributed by atoms with E-state index in [0.717, 1.165) is 56.5 Å². The number of halogens is 1. The maximum Gasteiger partial charge on any atom is 0.123 e. The molecular formula is C28H29FN2O. The number of benzene rings is 3. The molecule has 2 fully saturated rings. The van der Waals surface area contributed by atoms with Gasteiger partial charge in [-0.2, -0.15) is 0 Å². The zero-order valence-corrected chi connectivity index (χ0v) is 18.6. The van der Waals surface area contributed by atoms with E-state index >= 15 is 0 Å². The second-order valence-corrected chi connectivity index (χ2v) is 9.49. The Morgan fingerprint density at radius 1 is 1.03 bits per heavy atom. The number of ether oxygens (including phenoxy) is 1. The summed E-state index contributed by atoms with van der Waals surface area (Å²) in [7, 11) is 0. The molecule has 2 saturated heterocycles. The van der Waals surface area contributed by atoms with Crippen LogP contribution >= 0.6 is 0 Å². The van der Waals surface area contributed by atoms with E-state index in [2.05, 4.69) is 59.0 Å². The molecule has 3 aromatic carbocycles. The summed E-state index contributed by atoms with van der Waals surface area (Å²) in [4.78, 5) is 2.58. The number of epoxide rings is 1. The third-order valence-corrected chi connectivity index (χ3v) is 7.30. The lowest BCUT2D eigenvalue weighted by atomic mass is 9.89. The molecule has 0 N–H and O–H groups in total. The van der Waals surface area contributed by atoms with E-state index in [0.29, 0.717) is 12.0 Å². The van der Waals surface area contributed by atoms with Gasteiger partial charge < -0.3 is 9.30 Å². The summed E-state index contributed by atoms with van der Waals surface area (Å²) in [5.74, 6) is 0.328. The van der Waals surface area contributed by atoms with Crippen molar-refractivity contribution < 1.29 is 9.13 Å². The highest BCUT2D eigenvalue weighted by Gasteiger charge is 2.27. The van der Waals surface area contributed by atoms with Gasteiger partial charge in [-0.25, -0.2) is 4.39 Å². The summed E-state index contributed by atoms with van der Waals surface area (Å²) in [6.07, 6.45) is 4.80. The Balaban J connectivity index is 1.22. The Bertz CT molecular complexity index is 1280. The topological polar surface area (TPSA) is 20.7 Å². The van der Waals surface area contributed by atoms with E-state index in [1.807, 2.05) is 6.07 Å². The number of hydrogen-bond donors (Lipinski definition) is 0. The van der Waals surface area contributed by atoms with Gasteiger partial charge in [0.15, 0.2) is 0 Å². The van der Waals surface area contributed by atoms with Crippen molar-refractivity contribution >= 4 is 21.7 Å².